The molecule has 0 spiro atoms. The Labute approximate surface area is 213 Å². The van der Waals surface area contributed by atoms with Crippen LogP contribution in [0, 0.1) is 6.92 Å². The molecule has 5 nitrogen and oxygen atoms in total. The smallest absolute Gasteiger partial charge is 0.243 e. The van der Waals surface area contributed by atoms with Crippen LogP contribution in [0.25, 0.3) is 0 Å². The molecule has 2 amide bonds. The molecule has 6 heteroatoms. The van der Waals surface area contributed by atoms with E-state index in [1.807, 2.05) is 68.4 Å². The van der Waals surface area contributed by atoms with Gasteiger partial charge in [0.1, 0.15) is 11.8 Å². The lowest BCUT2D eigenvalue weighted by Gasteiger charge is -2.32. The van der Waals surface area contributed by atoms with Crippen LogP contribution in [-0.4, -0.2) is 35.9 Å². The number of hydrogen-bond acceptors (Lipinski definition) is 3. The van der Waals surface area contributed by atoms with Crippen LogP contribution in [-0.2, 0) is 22.6 Å². The molecule has 0 unspecified atom stereocenters. The highest BCUT2D eigenvalue weighted by atomic mass is 35.5. The molecular formula is C29H33ClN2O3. The van der Waals surface area contributed by atoms with E-state index in [2.05, 4.69) is 5.32 Å². The van der Waals surface area contributed by atoms with Crippen LogP contribution in [0.5, 0.6) is 5.75 Å². The molecule has 0 aliphatic carbocycles. The molecule has 1 N–H and O–H groups in total. The molecule has 0 aliphatic rings. The topological polar surface area (TPSA) is 58.6 Å². The third-order valence-electron chi connectivity index (χ3n) is 5.84. The van der Waals surface area contributed by atoms with Gasteiger partial charge in [0, 0.05) is 31.0 Å². The van der Waals surface area contributed by atoms with Crippen molar-refractivity contribution < 1.29 is 14.3 Å². The Morgan fingerprint density at radius 1 is 0.971 bits per heavy atom. The van der Waals surface area contributed by atoms with Crippen molar-refractivity contribution in [1.82, 2.24) is 10.2 Å². The summed E-state index contributed by atoms with van der Waals surface area (Å²) in [7, 11) is 0. The molecule has 0 aromatic heterocycles. The highest BCUT2D eigenvalue weighted by Gasteiger charge is 2.30. The molecule has 0 radical (unpaired) electrons. The van der Waals surface area contributed by atoms with Gasteiger partial charge < -0.3 is 15.0 Å². The molecule has 1 atom stereocenters. The van der Waals surface area contributed by atoms with Gasteiger partial charge in [-0.15, -0.1) is 0 Å². The van der Waals surface area contributed by atoms with Crippen LogP contribution in [0.2, 0.25) is 5.02 Å². The van der Waals surface area contributed by atoms with Crippen molar-refractivity contribution in [3.8, 4) is 5.75 Å². The maximum absolute atomic E-state index is 13.5. The van der Waals surface area contributed by atoms with Crippen molar-refractivity contribution in [2.45, 2.75) is 45.7 Å². The summed E-state index contributed by atoms with van der Waals surface area (Å²) in [6, 6.07) is 24.3. The van der Waals surface area contributed by atoms with Gasteiger partial charge in [0.2, 0.25) is 11.8 Å². The molecule has 3 rings (SSSR count). The van der Waals surface area contributed by atoms with Crippen molar-refractivity contribution in [2.75, 3.05) is 13.2 Å². The third kappa shape index (κ3) is 8.15. The maximum atomic E-state index is 13.5. The Kier molecular flexibility index (Phi) is 10.2. The maximum Gasteiger partial charge on any atom is 0.243 e. The van der Waals surface area contributed by atoms with E-state index < -0.39 is 6.04 Å². The Balaban J connectivity index is 1.77. The van der Waals surface area contributed by atoms with Crippen molar-refractivity contribution in [3.05, 3.63) is 101 Å². The first-order valence-electron chi connectivity index (χ1n) is 12.0. The van der Waals surface area contributed by atoms with E-state index in [1.165, 1.54) is 0 Å². The summed E-state index contributed by atoms with van der Waals surface area (Å²) in [6.07, 6.45) is 1.27. The number of carbonyl (C=O) groups is 2. The number of amides is 2. The zero-order valence-corrected chi connectivity index (χ0v) is 21.1. The molecule has 0 bridgehead atoms. The number of rotatable bonds is 12. The second-order valence-electron chi connectivity index (χ2n) is 8.45. The summed E-state index contributed by atoms with van der Waals surface area (Å²) in [5, 5.41) is 3.57. The van der Waals surface area contributed by atoms with E-state index in [0.29, 0.717) is 43.3 Å². The minimum absolute atomic E-state index is 0.0693. The van der Waals surface area contributed by atoms with Gasteiger partial charge in [-0.3, -0.25) is 9.59 Å². The number of nitrogens with one attached hydrogen (secondary N) is 1. The van der Waals surface area contributed by atoms with E-state index in [4.69, 9.17) is 16.3 Å². The van der Waals surface area contributed by atoms with E-state index >= 15 is 0 Å². The van der Waals surface area contributed by atoms with E-state index in [1.54, 1.807) is 29.2 Å². The average Bonchev–Trinajstić information content (AvgIpc) is 2.86. The van der Waals surface area contributed by atoms with Crippen LogP contribution in [0.4, 0.5) is 0 Å². The predicted octanol–water partition coefficient (Wildman–Crippen LogP) is 5.58. The molecule has 3 aromatic rings. The summed E-state index contributed by atoms with van der Waals surface area (Å²) in [5.41, 5.74) is 3.13. The molecule has 0 fully saturated rings. The standard InChI is InChI=1S/C29H33ClN2O3/c1-3-31-29(34)27(20-23-11-5-4-6-12-23)32(21-24-13-8-7-10-22(24)2)28(33)14-9-19-35-26-17-15-25(30)16-18-26/h4-8,10-13,15-18,27H,3,9,14,19-21H2,1-2H3,(H,31,34)/t27-/m0/s1. The summed E-state index contributed by atoms with van der Waals surface area (Å²) >= 11 is 5.92. The van der Waals surface area contributed by atoms with Gasteiger partial charge in [0.05, 0.1) is 6.61 Å². The lowest BCUT2D eigenvalue weighted by atomic mass is 10.0. The SMILES string of the molecule is CCNC(=O)[C@H](Cc1ccccc1)N(Cc1ccccc1C)C(=O)CCCOc1ccc(Cl)cc1. The fraction of sp³-hybridized carbons (Fsp3) is 0.310. The van der Waals surface area contributed by atoms with Crippen LogP contribution >= 0.6 is 11.6 Å². The first kappa shape index (κ1) is 26.3. The zero-order chi connectivity index (χ0) is 25.0. The number of likely N-dealkylation sites (N-methyl/N-ethyl adjacent to an activating group) is 1. The molecule has 35 heavy (non-hydrogen) atoms. The Hall–Kier alpha value is -3.31. The minimum Gasteiger partial charge on any atom is -0.494 e. The fourth-order valence-corrected chi connectivity index (χ4v) is 4.03. The third-order valence-corrected chi connectivity index (χ3v) is 6.09. The molecular weight excluding hydrogens is 460 g/mol. The quantitative estimate of drug-likeness (QED) is 0.335. The molecule has 0 saturated heterocycles. The van der Waals surface area contributed by atoms with Crippen LogP contribution < -0.4 is 10.1 Å². The second-order valence-corrected chi connectivity index (χ2v) is 8.89. The molecule has 0 saturated carbocycles. The normalized spacial score (nSPS) is 11.5. The number of benzene rings is 3. The molecule has 0 aliphatic heterocycles. The summed E-state index contributed by atoms with van der Waals surface area (Å²) in [4.78, 5) is 28.4. The van der Waals surface area contributed by atoms with E-state index in [9.17, 15) is 9.59 Å². The van der Waals surface area contributed by atoms with Gasteiger partial charge >= 0.3 is 0 Å². The van der Waals surface area contributed by atoms with E-state index in [0.717, 1.165) is 16.7 Å². The van der Waals surface area contributed by atoms with Crippen molar-refractivity contribution in [2.24, 2.45) is 0 Å². The Bertz CT molecular complexity index is 1090. The van der Waals surface area contributed by atoms with Crippen LogP contribution in [0.3, 0.4) is 0 Å². The number of nitrogens with zero attached hydrogens (tertiary/aromatic N) is 1. The predicted molar refractivity (Wildman–Crippen MR) is 141 cm³/mol. The van der Waals surface area contributed by atoms with Crippen molar-refractivity contribution >= 4 is 23.4 Å². The largest absolute Gasteiger partial charge is 0.494 e. The highest BCUT2D eigenvalue weighted by molar-refractivity contribution is 6.30. The number of hydrogen-bond donors (Lipinski definition) is 1. The minimum atomic E-state index is -0.610. The monoisotopic (exact) mass is 492 g/mol. The number of carbonyl (C=O) groups excluding carboxylic acids is 2. The van der Waals surface area contributed by atoms with Gasteiger partial charge in [-0.2, -0.15) is 0 Å². The molecule has 0 heterocycles. The summed E-state index contributed by atoms with van der Waals surface area (Å²) in [5.74, 6) is 0.499. The number of ether oxygens (including phenoxy) is 1. The molecule has 3 aromatic carbocycles. The number of aryl methyl sites for hydroxylation is 1. The van der Waals surface area contributed by atoms with Gasteiger partial charge in [-0.05, 0) is 61.2 Å². The first-order chi connectivity index (χ1) is 17.0. The fourth-order valence-electron chi connectivity index (χ4n) is 3.90. The molecule has 184 valence electrons. The second kappa shape index (κ2) is 13.5. The van der Waals surface area contributed by atoms with Gasteiger partial charge in [-0.1, -0.05) is 66.2 Å². The Morgan fingerprint density at radius 2 is 1.66 bits per heavy atom. The summed E-state index contributed by atoms with van der Waals surface area (Å²) in [6.45, 7) is 5.19. The highest BCUT2D eigenvalue weighted by Crippen LogP contribution is 2.19. The zero-order valence-electron chi connectivity index (χ0n) is 20.4. The van der Waals surface area contributed by atoms with E-state index in [-0.39, 0.29) is 18.2 Å². The number of halogens is 1. The summed E-state index contributed by atoms with van der Waals surface area (Å²) < 4.78 is 5.76. The lowest BCUT2D eigenvalue weighted by Crippen LogP contribution is -2.50. The lowest BCUT2D eigenvalue weighted by molar-refractivity contribution is -0.141. The van der Waals surface area contributed by atoms with Crippen molar-refractivity contribution in [3.63, 3.8) is 0 Å². The Morgan fingerprint density at radius 3 is 2.34 bits per heavy atom. The average molecular weight is 493 g/mol. The van der Waals surface area contributed by atoms with Gasteiger partial charge in [0.25, 0.3) is 0 Å². The van der Waals surface area contributed by atoms with Crippen LogP contribution in [0.1, 0.15) is 36.5 Å². The first-order valence-corrected chi connectivity index (χ1v) is 12.4. The van der Waals surface area contributed by atoms with Gasteiger partial charge in [0.15, 0.2) is 0 Å². The van der Waals surface area contributed by atoms with Crippen molar-refractivity contribution in [1.29, 1.82) is 0 Å². The van der Waals surface area contributed by atoms with Gasteiger partial charge in [-0.25, -0.2) is 0 Å². The van der Waals surface area contributed by atoms with Crippen LogP contribution in [0.15, 0.2) is 78.9 Å².